The summed E-state index contributed by atoms with van der Waals surface area (Å²) in [6.45, 7) is 4.45. The van der Waals surface area contributed by atoms with Crippen LogP contribution < -0.4 is 15.8 Å². The third-order valence-electron chi connectivity index (χ3n) is 5.06. The highest BCUT2D eigenvalue weighted by Gasteiger charge is 2.15. The number of aromatic amines is 1. The molecule has 1 aromatic heterocycles. The summed E-state index contributed by atoms with van der Waals surface area (Å²) in [6.07, 6.45) is 0. The number of nitrogens with zero attached hydrogens (tertiary/aromatic N) is 3. The first-order valence-electron chi connectivity index (χ1n) is 9.40. The molecule has 28 heavy (non-hydrogen) atoms. The molecule has 0 radical (unpaired) electrons. The van der Waals surface area contributed by atoms with E-state index in [0.717, 1.165) is 37.4 Å². The number of carbonyl (C=O) groups excluding carboxylic acids is 1. The summed E-state index contributed by atoms with van der Waals surface area (Å²) in [7, 11) is 2.13. The molecule has 3 aromatic rings. The lowest BCUT2D eigenvalue weighted by Crippen LogP contribution is -2.44. The van der Waals surface area contributed by atoms with Crippen LogP contribution >= 0.6 is 0 Å². The van der Waals surface area contributed by atoms with Crippen molar-refractivity contribution in [3.05, 3.63) is 70.3 Å². The Morgan fingerprint density at radius 1 is 1.11 bits per heavy atom. The van der Waals surface area contributed by atoms with Gasteiger partial charge in [-0.25, -0.2) is 4.98 Å². The van der Waals surface area contributed by atoms with E-state index in [2.05, 4.69) is 44.3 Å². The fraction of sp³-hybridized carbons (Fsp3) is 0.286. The zero-order valence-corrected chi connectivity index (χ0v) is 15.8. The number of nitrogens with one attached hydrogen (secondary N) is 2. The molecule has 1 fully saturated rings. The highest BCUT2D eigenvalue weighted by molar-refractivity contribution is 5.92. The topological polar surface area (TPSA) is 81.3 Å². The number of aromatic nitrogens is 2. The molecule has 2 heterocycles. The number of anilines is 1. The lowest BCUT2D eigenvalue weighted by Gasteiger charge is -2.34. The molecule has 7 nitrogen and oxygen atoms in total. The van der Waals surface area contributed by atoms with Crippen molar-refractivity contribution >= 4 is 22.5 Å². The Labute approximate surface area is 163 Å². The van der Waals surface area contributed by atoms with Crippen LogP contribution in [0.25, 0.3) is 10.9 Å². The number of amides is 1. The van der Waals surface area contributed by atoms with Crippen LogP contribution in [0.4, 0.5) is 5.69 Å². The number of benzene rings is 2. The number of hydrogen-bond donors (Lipinski definition) is 2. The van der Waals surface area contributed by atoms with Gasteiger partial charge in [0.05, 0.1) is 10.9 Å². The number of piperazine rings is 1. The first-order valence-corrected chi connectivity index (χ1v) is 9.40. The van der Waals surface area contributed by atoms with Gasteiger partial charge in [0.15, 0.2) is 5.82 Å². The minimum atomic E-state index is -0.396. The summed E-state index contributed by atoms with van der Waals surface area (Å²) in [6, 6.07) is 15.2. The Morgan fingerprint density at radius 2 is 1.89 bits per heavy atom. The molecule has 0 unspecified atom stereocenters. The normalized spacial score (nSPS) is 15.0. The molecule has 1 saturated heterocycles. The number of H-pyrrole nitrogens is 1. The lowest BCUT2D eigenvalue weighted by molar-refractivity contribution is 0.0940. The summed E-state index contributed by atoms with van der Waals surface area (Å²) in [5.41, 5.74) is 2.37. The Bertz CT molecular complexity index is 1050. The summed E-state index contributed by atoms with van der Waals surface area (Å²) < 4.78 is 0. The predicted molar refractivity (Wildman–Crippen MR) is 110 cm³/mol. The maximum Gasteiger partial charge on any atom is 0.287 e. The molecular weight excluding hydrogens is 354 g/mol. The van der Waals surface area contributed by atoms with Crippen LogP contribution in [-0.4, -0.2) is 54.0 Å². The van der Waals surface area contributed by atoms with E-state index in [1.54, 1.807) is 24.3 Å². The van der Waals surface area contributed by atoms with E-state index in [0.29, 0.717) is 17.4 Å². The molecule has 144 valence electrons. The van der Waals surface area contributed by atoms with E-state index in [4.69, 9.17) is 0 Å². The first-order chi connectivity index (χ1) is 13.6. The summed E-state index contributed by atoms with van der Waals surface area (Å²) in [5, 5.41) is 3.32. The monoisotopic (exact) mass is 377 g/mol. The van der Waals surface area contributed by atoms with Gasteiger partial charge >= 0.3 is 0 Å². The van der Waals surface area contributed by atoms with Crippen LogP contribution in [-0.2, 0) is 6.54 Å². The average molecular weight is 377 g/mol. The van der Waals surface area contributed by atoms with E-state index in [1.165, 1.54) is 0 Å². The summed E-state index contributed by atoms with van der Waals surface area (Å²) >= 11 is 0. The zero-order chi connectivity index (χ0) is 19.5. The zero-order valence-electron chi connectivity index (χ0n) is 15.8. The molecule has 1 aliphatic heterocycles. The van der Waals surface area contributed by atoms with Gasteiger partial charge in [-0.1, -0.05) is 24.3 Å². The molecule has 1 amide bonds. The van der Waals surface area contributed by atoms with Crippen LogP contribution in [0.5, 0.6) is 0 Å². The molecule has 0 aliphatic carbocycles. The number of rotatable bonds is 4. The van der Waals surface area contributed by atoms with Crippen LogP contribution in [0, 0.1) is 0 Å². The third-order valence-corrected chi connectivity index (χ3v) is 5.06. The number of hydrogen-bond acceptors (Lipinski definition) is 5. The van der Waals surface area contributed by atoms with Crippen molar-refractivity contribution in [3.8, 4) is 0 Å². The maximum atomic E-state index is 12.5. The van der Waals surface area contributed by atoms with Crippen molar-refractivity contribution in [2.75, 3.05) is 38.1 Å². The van der Waals surface area contributed by atoms with Crippen molar-refractivity contribution in [1.29, 1.82) is 0 Å². The molecule has 7 heteroatoms. The van der Waals surface area contributed by atoms with E-state index in [1.807, 2.05) is 12.1 Å². The van der Waals surface area contributed by atoms with Crippen LogP contribution in [0.15, 0.2) is 53.3 Å². The van der Waals surface area contributed by atoms with Crippen molar-refractivity contribution in [1.82, 2.24) is 20.2 Å². The van der Waals surface area contributed by atoms with Crippen LogP contribution in [0.2, 0.25) is 0 Å². The number of carbonyl (C=O) groups is 1. The molecule has 0 saturated carbocycles. The lowest BCUT2D eigenvalue weighted by atomic mass is 10.1. The molecule has 2 aromatic carbocycles. The average Bonchev–Trinajstić information content (AvgIpc) is 2.73. The SMILES string of the molecule is CN1CCN(c2cccc(CNC(=O)c3nc4ccccc4c(=O)[nH]3)c2)CC1. The number of para-hydroxylation sites is 1. The van der Waals surface area contributed by atoms with Crippen molar-refractivity contribution in [2.24, 2.45) is 0 Å². The van der Waals surface area contributed by atoms with E-state index in [9.17, 15) is 9.59 Å². The largest absolute Gasteiger partial charge is 0.369 e. The predicted octanol–water partition coefficient (Wildman–Crippen LogP) is 1.60. The van der Waals surface area contributed by atoms with Crippen molar-refractivity contribution in [2.45, 2.75) is 6.54 Å². The van der Waals surface area contributed by atoms with Crippen LogP contribution in [0.3, 0.4) is 0 Å². The highest BCUT2D eigenvalue weighted by atomic mass is 16.2. The van der Waals surface area contributed by atoms with E-state index >= 15 is 0 Å². The second-order valence-corrected chi connectivity index (χ2v) is 7.07. The molecule has 4 rings (SSSR count). The van der Waals surface area contributed by atoms with Gasteiger partial charge in [0.1, 0.15) is 0 Å². The summed E-state index contributed by atoms with van der Waals surface area (Å²) in [5.74, 6) is -0.369. The summed E-state index contributed by atoms with van der Waals surface area (Å²) in [4.78, 5) is 36.1. The first kappa shape index (κ1) is 18.2. The van der Waals surface area contributed by atoms with Gasteiger partial charge in [0.2, 0.25) is 0 Å². The van der Waals surface area contributed by atoms with Gasteiger partial charge in [0.25, 0.3) is 11.5 Å². The fourth-order valence-corrected chi connectivity index (χ4v) is 3.39. The van der Waals surface area contributed by atoms with E-state index < -0.39 is 5.91 Å². The molecule has 0 bridgehead atoms. The van der Waals surface area contributed by atoms with Gasteiger partial charge in [-0.05, 0) is 36.9 Å². The molecule has 0 spiro atoms. The molecular formula is C21H23N5O2. The minimum absolute atomic E-state index is 0.0268. The standard InChI is InChI=1S/C21H23N5O2/c1-25-9-11-26(12-10-25)16-6-4-5-15(13-16)14-22-21(28)19-23-18-8-3-2-7-17(18)20(27)24-19/h2-8,13H,9-12,14H2,1H3,(H,22,28)(H,23,24,27). The number of fused-ring (bicyclic) bond motifs is 1. The Hall–Kier alpha value is -3.19. The fourth-order valence-electron chi connectivity index (χ4n) is 3.39. The van der Waals surface area contributed by atoms with Gasteiger partial charge in [-0.3, -0.25) is 9.59 Å². The second-order valence-electron chi connectivity index (χ2n) is 7.07. The highest BCUT2D eigenvalue weighted by Crippen LogP contribution is 2.18. The Morgan fingerprint density at radius 3 is 2.71 bits per heavy atom. The van der Waals surface area contributed by atoms with Gasteiger partial charge in [0, 0.05) is 38.4 Å². The third kappa shape index (κ3) is 3.89. The number of likely N-dealkylation sites (N-methyl/N-ethyl adjacent to an activating group) is 1. The minimum Gasteiger partial charge on any atom is -0.369 e. The molecule has 0 atom stereocenters. The van der Waals surface area contributed by atoms with Crippen molar-refractivity contribution < 1.29 is 4.79 Å². The van der Waals surface area contributed by atoms with Crippen LogP contribution in [0.1, 0.15) is 16.2 Å². The Balaban J connectivity index is 1.45. The van der Waals surface area contributed by atoms with Gasteiger partial charge in [-0.2, -0.15) is 0 Å². The Kier molecular flexibility index (Phi) is 5.08. The molecule has 1 aliphatic rings. The smallest absolute Gasteiger partial charge is 0.287 e. The van der Waals surface area contributed by atoms with Gasteiger partial charge in [-0.15, -0.1) is 0 Å². The maximum absolute atomic E-state index is 12.5. The quantitative estimate of drug-likeness (QED) is 0.722. The molecule has 2 N–H and O–H groups in total. The van der Waals surface area contributed by atoms with E-state index in [-0.39, 0.29) is 11.4 Å². The second kappa shape index (κ2) is 7.82. The van der Waals surface area contributed by atoms with Gasteiger partial charge < -0.3 is 20.1 Å². The van der Waals surface area contributed by atoms with Crippen molar-refractivity contribution in [3.63, 3.8) is 0 Å².